The first-order valence-corrected chi connectivity index (χ1v) is 8.35. The van der Waals surface area contributed by atoms with Crippen molar-refractivity contribution in [2.45, 2.75) is 59.4 Å². The maximum atomic E-state index is 5.35. The minimum atomic E-state index is 0.285. The summed E-state index contributed by atoms with van der Waals surface area (Å²) in [6.45, 7) is 10.8. The molecule has 0 aliphatic heterocycles. The summed E-state index contributed by atoms with van der Waals surface area (Å²) < 4.78 is 2.75. The number of aryl methyl sites for hydroxylation is 1. The zero-order valence-electron chi connectivity index (χ0n) is 12.7. The number of hydrogen-bond donors (Lipinski definition) is 1. The summed E-state index contributed by atoms with van der Waals surface area (Å²) in [5, 5.41) is 8.55. The number of rotatable bonds is 5. The molecule has 2 aromatic rings. The van der Waals surface area contributed by atoms with Crippen LogP contribution in [0.25, 0.3) is 10.7 Å². The molecule has 0 fully saturated rings. The van der Waals surface area contributed by atoms with Crippen LogP contribution in [0.1, 0.15) is 63.7 Å². The molecule has 4 nitrogen and oxygen atoms in total. The molecule has 6 heteroatoms. The topological polar surface area (TPSA) is 46.5 Å². The Balaban J connectivity index is 2.59. The fourth-order valence-corrected chi connectivity index (χ4v) is 3.84. The van der Waals surface area contributed by atoms with Gasteiger partial charge in [-0.25, -0.2) is 4.98 Å². The van der Waals surface area contributed by atoms with E-state index in [1.807, 2.05) is 0 Å². The van der Waals surface area contributed by atoms with Crippen molar-refractivity contribution in [2.75, 3.05) is 0 Å². The average molecular weight is 310 g/mol. The minimum Gasteiger partial charge on any atom is -0.297 e. The molecular formula is C14H22N4S2. The van der Waals surface area contributed by atoms with Gasteiger partial charge in [0.1, 0.15) is 0 Å². The summed E-state index contributed by atoms with van der Waals surface area (Å²) in [5.41, 5.74) is 1.13. The molecule has 0 radical (unpaired) electrons. The third-order valence-corrected chi connectivity index (χ3v) is 4.55. The van der Waals surface area contributed by atoms with E-state index in [1.165, 1.54) is 5.01 Å². The van der Waals surface area contributed by atoms with Crippen molar-refractivity contribution in [3.05, 3.63) is 15.5 Å². The highest BCUT2D eigenvalue weighted by Gasteiger charge is 2.21. The summed E-state index contributed by atoms with van der Waals surface area (Å²) >= 11 is 7.09. The quantitative estimate of drug-likeness (QED) is 0.813. The Hall–Kier alpha value is -1.01. The highest BCUT2D eigenvalue weighted by molar-refractivity contribution is 7.71. The second-order valence-electron chi connectivity index (χ2n) is 5.54. The molecule has 0 aliphatic rings. The van der Waals surface area contributed by atoms with Crippen molar-refractivity contribution in [1.82, 2.24) is 19.7 Å². The Morgan fingerprint density at radius 3 is 2.55 bits per heavy atom. The van der Waals surface area contributed by atoms with Gasteiger partial charge < -0.3 is 0 Å². The van der Waals surface area contributed by atoms with Crippen LogP contribution < -0.4 is 0 Å². The summed E-state index contributed by atoms with van der Waals surface area (Å²) in [6, 6.07) is 0.285. The van der Waals surface area contributed by atoms with Crippen LogP contribution >= 0.6 is 23.6 Å². The zero-order chi connectivity index (χ0) is 14.9. The van der Waals surface area contributed by atoms with Gasteiger partial charge in [-0.3, -0.25) is 9.67 Å². The van der Waals surface area contributed by atoms with Gasteiger partial charge in [0.15, 0.2) is 10.6 Å². The van der Waals surface area contributed by atoms with E-state index in [-0.39, 0.29) is 6.04 Å². The number of H-pyrrole nitrogens is 1. The van der Waals surface area contributed by atoms with Gasteiger partial charge in [-0.15, -0.1) is 11.3 Å². The van der Waals surface area contributed by atoms with Crippen LogP contribution in [0.2, 0.25) is 0 Å². The van der Waals surface area contributed by atoms with E-state index >= 15 is 0 Å². The number of nitrogens with zero attached hydrogens (tertiary/aromatic N) is 3. The lowest BCUT2D eigenvalue weighted by molar-refractivity contribution is 0.597. The van der Waals surface area contributed by atoms with Crippen molar-refractivity contribution >= 4 is 23.6 Å². The Kier molecular flexibility index (Phi) is 4.75. The molecule has 0 atom stereocenters. The highest BCUT2D eigenvalue weighted by atomic mass is 32.1. The van der Waals surface area contributed by atoms with Crippen molar-refractivity contribution in [1.29, 1.82) is 0 Å². The van der Waals surface area contributed by atoms with Crippen molar-refractivity contribution in [2.24, 2.45) is 0 Å². The molecule has 0 spiro atoms. The van der Waals surface area contributed by atoms with Crippen LogP contribution in [0.3, 0.4) is 0 Å². The Morgan fingerprint density at radius 2 is 2.00 bits per heavy atom. The Bertz CT molecular complexity index is 634. The van der Waals surface area contributed by atoms with Gasteiger partial charge in [0.25, 0.3) is 0 Å². The number of aromatic amines is 1. The van der Waals surface area contributed by atoms with Crippen molar-refractivity contribution < 1.29 is 0 Å². The second kappa shape index (κ2) is 6.18. The fraction of sp³-hybridized carbons (Fsp3) is 0.643. The summed E-state index contributed by atoms with van der Waals surface area (Å²) in [7, 11) is 0. The molecule has 0 bridgehead atoms. The van der Waals surface area contributed by atoms with E-state index in [1.54, 1.807) is 11.3 Å². The second-order valence-corrected chi connectivity index (χ2v) is 7.01. The van der Waals surface area contributed by atoms with E-state index in [4.69, 9.17) is 17.2 Å². The molecule has 2 aromatic heterocycles. The number of aromatic nitrogens is 4. The SMILES string of the molecule is CCCc1nc(C(C)C)c(-c2n[nH]c(=S)n2C(C)C)s1. The number of nitrogens with one attached hydrogen (secondary N) is 1. The molecule has 0 aromatic carbocycles. The Labute approximate surface area is 129 Å². The lowest BCUT2D eigenvalue weighted by Crippen LogP contribution is -2.04. The molecule has 2 heterocycles. The van der Waals surface area contributed by atoms with Gasteiger partial charge in [0.2, 0.25) is 0 Å². The molecule has 20 heavy (non-hydrogen) atoms. The van der Waals surface area contributed by atoms with E-state index in [0.717, 1.165) is 29.2 Å². The standard InChI is InChI=1S/C14H22N4S2/c1-6-7-10-15-11(8(2)3)12(20-10)13-16-17-14(19)18(13)9(4)5/h8-9H,6-7H2,1-5H3,(H,17,19). The fourth-order valence-electron chi connectivity index (χ4n) is 2.19. The molecule has 0 saturated heterocycles. The maximum Gasteiger partial charge on any atom is 0.195 e. The van der Waals surface area contributed by atoms with Gasteiger partial charge in [0.05, 0.1) is 15.6 Å². The van der Waals surface area contributed by atoms with Crippen molar-refractivity contribution in [3.8, 4) is 10.7 Å². The summed E-state index contributed by atoms with van der Waals surface area (Å²) in [4.78, 5) is 5.96. The van der Waals surface area contributed by atoms with Gasteiger partial charge in [-0.1, -0.05) is 20.8 Å². The van der Waals surface area contributed by atoms with Crippen LogP contribution in [-0.4, -0.2) is 19.7 Å². The van der Waals surface area contributed by atoms with E-state index in [2.05, 4.69) is 49.4 Å². The van der Waals surface area contributed by atoms with E-state index in [0.29, 0.717) is 10.7 Å². The normalized spacial score (nSPS) is 11.8. The lowest BCUT2D eigenvalue weighted by atomic mass is 10.1. The van der Waals surface area contributed by atoms with Crippen LogP contribution in [0.15, 0.2) is 0 Å². The molecule has 2 rings (SSSR count). The predicted octanol–water partition coefficient (Wildman–Crippen LogP) is 4.72. The van der Waals surface area contributed by atoms with E-state index < -0.39 is 0 Å². The highest BCUT2D eigenvalue weighted by Crippen LogP contribution is 2.35. The first-order chi connectivity index (χ1) is 9.45. The van der Waals surface area contributed by atoms with E-state index in [9.17, 15) is 0 Å². The molecule has 0 unspecified atom stereocenters. The monoisotopic (exact) mass is 310 g/mol. The molecule has 0 amide bonds. The average Bonchev–Trinajstić information content (AvgIpc) is 2.93. The molecule has 110 valence electrons. The maximum absolute atomic E-state index is 5.35. The smallest absolute Gasteiger partial charge is 0.195 e. The van der Waals surface area contributed by atoms with Gasteiger partial charge >= 0.3 is 0 Å². The van der Waals surface area contributed by atoms with Crippen LogP contribution in [0.4, 0.5) is 0 Å². The molecule has 0 saturated carbocycles. The van der Waals surface area contributed by atoms with Crippen LogP contribution in [0, 0.1) is 4.77 Å². The first-order valence-electron chi connectivity index (χ1n) is 7.12. The van der Waals surface area contributed by atoms with Gasteiger partial charge in [-0.2, -0.15) is 5.10 Å². The predicted molar refractivity (Wildman–Crippen MR) is 87.0 cm³/mol. The third kappa shape index (κ3) is 2.86. The molecule has 0 aliphatic carbocycles. The summed E-state index contributed by atoms with van der Waals surface area (Å²) in [6.07, 6.45) is 2.14. The largest absolute Gasteiger partial charge is 0.297 e. The van der Waals surface area contributed by atoms with Crippen LogP contribution in [0.5, 0.6) is 0 Å². The van der Waals surface area contributed by atoms with Crippen LogP contribution in [-0.2, 0) is 6.42 Å². The van der Waals surface area contributed by atoms with Gasteiger partial charge in [0, 0.05) is 6.04 Å². The van der Waals surface area contributed by atoms with Crippen molar-refractivity contribution in [3.63, 3.8) is 0 Å². The zero-order valence-corrected chi connectivity index (χ0v) is 14.4. The Morgan fingerprint density at radius 1 is 1.30 bits per heavy atom. The van der Waals surface area contributed by atoms with Gasteiger partial charge in [-0.05, 0) is 44.8 Å². The third-order valence-electron chi connectivity index (χ3n) is 3.13. The molecule has 1 N–H and O–H groups in total. The minimum absolute atomic E-state index is 0.285. The number of thiazole rings is 1. The number of hydrogen-bond acceptors (Lipinski definition) is 4. The lowest BCUT2D eigenvalue weighted by Gasteiger charge is -2.10. The molecular weight excluding hydrogens is 288 g/mol. The summed E-state index contributed by atoms with van der Waals surface area (Å²) in [5.74, 6) is 1.31. The first kappa shape index (κ1) is 15.4.